The molecule has 1 heterocycles. The number of rotatable bonds is 5. The normalized spacial score (nSPS) is 9.50. The Morgan fingerprint density at radius 1 is 1.69 bits per heavy atom. The number of hydrogen-bond acceptors (Lipinski definition) is 4. The van der Waals surface area contributed by atoms with E-state index in [1.54, 1.807) is 25.3 Å². The molecule has 0 unspecified atom stereocenters. The molecule has 0 N–H and O–H groups in total. The van der Waals surface area contributed by atoms with Crippen LogP contribution < -0.4 is 0 Å². The predicted molar refractivity (Wildman–Crippen MR) is 56.4 cm³/mol. The van der Waals surface area contributed by atoms with Crippen molar-refractivity contribution in [3.63, 3.8) is 0 Å². The fourth-order valence-corrected chi connectivity index (χ4v) is 1.23. The van der Waals surface area contributed by atoms with Gasteiger partial charge in [0.15, 0.2) is 0 Å². The van der Waals surface area contributed by atoms with E-state index in [1.807, 2.05) is 6.07 Å². The zero-order valence-corrected chi connectivity index (χ0v) is 9.18. The molecule has 86 valence electrons. The molecule has 0 bridgehead atoms. The first-order valence-electron chi connectivity index (χ1n) is 5.09. The van der Waals surface area contributed by atoms with Crippen LogP contribution >= 0.6 is 0 Å². The average molecular weight is 222 g/mol. The molecule has 1 aromatic heterocycles. The van der Waals surface area contributed by atoms with Crippen LogP contribution in [0.5, 0.6) is 0 Å². The van der Waals surface area contributed by atoms with Crippen molar-refractivity contribution in [3.8, 4) is 6.07 Å². The number of furan rings is 1. The monoisotopic (exact) mass is 222 g/mol. The van der Waals surface area contributed by atoms with E-state index in [1.165, 1.54) is 4.90 Å². The third kappa shape index (κ3) is 3.65. The van der Waals surface area contributed by atoms with Crippen LogP contribution in [-0.2, 0) is 11.3 Å². The Balaban J connectivity index is 2.56. The van der Waals surface area contributed by atoms with Gasteiger partial charge in [-0.3, -0.25) is 4.90 Å². The first-order valence-corrected chi connectivity index (χ1v) is 5.09. The van der Waals surface area contributed by atoms with E-state index in [-0.39, 0.29) is 6.42 Å². The van der Waals surface area contributed by atoms with E-state index in [0.717, 1.165) is 0 Å². The van der Waals surface area contributed by atoms with Crippen molar-refractivity contribution in [1.29, 1.82) is 5.26 Å². The van der Waals surface area contributed by atoms with Crippen LogP contribution in [0.25, 0.3) is 0 Å². The maximum absolute atomic E-state index is 11.5. The molecule has 0 fully saturated rings. The van der Waals surface area contributed by atoms with Gasteiger partial charge in [-0.15, -0.1) is 0 Å². The van der Waals surface area contributed by atoms with Gasteiger partial charge in [0.05, 0.1) is 31.9 Å². The van der Waals surface area contributed by atoms with Crippen molar-refractivity contribution in [2.75, 3.05) is 13.2 Å². The van der Waals surface area contributed by atoms with Gasteiger partial charge < -0.3 is 9.15 Å². The third-order valence-corrected chi connectivity index (χ3v) is 1.95. The van der Waals surface area contributed by atoms with Gasteiger partial charge in [-0.2, -0.15) is 5.26 Å². The molecule has 5 nitrogen and oxygen atoms in total. The summed E-state index contributed by atoms with van der Waals surface area (Å²) in [7, 11) is 0. The molecule has 0 radical (unpaired) electrons. The molecule has 5 heteroatoms. The highest BCUT2D eigenvalue weighted by atomic mass is 16.6. The van der Waals surface area contributed by atoms with Crippen molar-refractivity contribution in [2.45, 2.75) is 19.9 Å². The van der Waals surface area contributed by atoms with Crippen molar-refractivity contribution in [1.82, 2.24) is 4.90 Å². The summed E-state index contributed by atoms with van der Waals surface area (Å²) in [5.41, 5.74) is 0. The third-order valence-electron chi connectivity index (χ3n) is 1.95. The lowest BCUT2D eigenvalue weighted by atomic mass is 10.3. The molecule has 0 saturated carbocycles. The van der Waals surface area contributed by atoms with Crippen LogP contribution in [0.1, 0.15) is 19.1 Å². The largest absolute Gasteiger partial charge is 0.467 e. The summed E-state index contributed by atoms with van der Waals surface area (Å²) in [6.45, 7) is 2.73. The molecule has 16 heavy (non-hydrogen) atoms. The number of ether oxygens (including phenoxy) is 1. The fourth-order valence-electron chi connectivity index (χ4n) is 1.23. The Bertz CT molecular complexity index is 354. The van der Waals surface area contributed by atoms with Gasteiger partial charge in [0.2, 0.25) is 0 Å². The molecule has 1 aromatic rings. The fraction of sp³-hybridized carbons (Fsp3) is 0.455. The quantitative estimate of drug-likeness (QED) is 0.765. The SMILES string of the molecule is CCOC(=O)N(CCC#N)Cc1ccco1. The summed E-state index contributed by atoms with van der Waals surface area (Å²) in [5, 5.41) is 8.50. The summed E-state index contributed by atoms with van der Waals surface area (Å²) in [6, 6.07) is 5.52. The molecular formula is C11H14N2O3. The Morgan fingerprint density at radius 2 is 2.50 bits per heavy atom. The van der Waals surface area contributed by atoms with Crippen LogP contribution in [0.3, 0.4) is 0 Å². The van der Waals surface area contributed by atoms with Crippen molar-refractivity contribution in [3.05, 3.63) is 24.2 Å². The van der Waals surface area contributed by atoms with Crippen LogP contribution in [0.2, 0.25) is 0 Å². The molecule has 1 amide bonds. The smallest absolute Gasteiger partial charge is 0.410 e. The highest BCUT2D eigenvalue weighted by Gasteiger charge is 2.15. The van der Waals surface area contributed by atoms with Crippen molar-refractivity contribution < 1.29 is 13.9 Å². The van der Waals surface area contributed by atoms with Gasteiger partial charge in [-0.25, -0.2) is 4.79 Å². The Morgan fingerprint density at radius 3 is 3.06 bits per heavy atom. The molecular weight excluding hydrogens is 208 g/mol. The highest BCUT2D eigenvalue weighted by molar-refractivity contribution is 5.67. The molecule has 0 atom stereocenters. The van der Waals surface area contributed by atoms with Crippen LogP contribution in [-0.4, -0.2) is 24.1 Å². The second-order valence-corrected chi connectivity index (χ2v) is 3.11. The molecule has 0 aliphatic carbocycles. The van der Waals surface area contributed by atoms with Gasteiger partial charge in [0, 0.05) is 6.54 Å². The van der Waals surface area contributed by atoms with Gasteiger partial charge >= 0.3 is 6.09 Å². The average Bonchev–Trinajstić information content (AvgIpc) is 2.77. The van der Waals surface area contributed by atoms with E-state index >= 15 is 0 Å². The molecule has 0 saturated heterocycles. The highest BCUT2D eigenvalue weighted by Crippen LogP contribution is 2.07. The van der Waals surface area contributed by atoms with Crippen LogP contribution in [0.4, 0.5) is 4.79 Å². The standard InChI is InChI=1S/C11H14N2O3/c1-2-15-11(14)13(7-4-6-12)9-10-5-3-8-16-10/h3,5,8H,2,4,7,9H2,1H3. The summed E-state index contributed by atoms with van der Waals surface area (Å²) in [4.78, 5) is 13.0. The molecule has 1 rings (SSSR count). The van der Waals surface area contributed by atoms with E-state index in [9.17, 15) is 4.79 Å². The maximum atomic E-state index is 11.5. The summed E-state index contributed by atoms with van der Waals surface area (Å²) < 4.78 is 10.0. The molecule has 0 aliphatic rings. The van der Waals surface area contributed by atoms with E-state index in [0.29, 0.717) is 25.5 Å². The zero-order chi connectivity index (χ0) is 11.8. The minimum Gasteiger partial charge on any atom is -0.467 e. The number of nitriles is 1. The van der Waals surface area contributed by atoms with Crippen molar-refractivity contribution in [2.24, 2.45) is 0 Å². The lowest BCUT2D eigenvalue weighted by Crippen LogP contribution is -2.31. The van der Waals surface area contributed by atoms with Gasteiger partial charge in [0.25, 0.3) is 0 Å². The second kappa shape index (κ2) is 6.51. The van der Waals surface area contributed by atoms with Gasteiger partial charge in [0.1, 0.15) is 5.76 Å². The lowest BCUT2D eigenvalue weighted by molar-refractivity contribution is 0.103. The molecule has 0 aromatic carbocycles. The summed E-state index contributed by atoms with van der Waals surface area (Å²) in [6.07, 6.45) is 1.40. The predicted octanol–water partition coefficient (Wildman–Crippen LogP) is 2.15. The Labute approximate surface area is 94.2 Å². The van der Waals surface area contributed by atoms with E-state index in [2.05, 4.69) is 0 Å². The number of carbonyl (C=O) groups is 1. The first kappa shape index (κ1) is 12.1. The number of hydrogen-bond donors (Lipinski definition) is 0. The molecule has 0 aliphatic heterocycles. The van der Waals surface area contributed by atoms with Gasteiger partial charge in [-0.05, 0) is 19.1 Å². The second-order valence-electron chi connectivity index (χ2n) is 3.11. The minimum atomic E-state index is -0.422. The lowest BCUT2D eigenvalue weighted by Gasteiger charge is -2.19. The van der Waals surface area contributed by atoms with Crippen LogP contribution in [0.15, 0.2) is 22.8 Å². The first-order chi connectivity index (χ1) is 7.77. The number of carbonyl (C=O) groups excluding carboxylic acids is 1. The Hall–Kier alpha value is -1.96. The van der Waals surface area contributed by atoms with Crippen molar-refractivity contribution >= 4 is 6.09 Å². The summed E-state index contributed by atoms with van der Waals surface area (Å²) >= 11 is 0. The minimum absolute atomic E-state index is 0.277. The molecule has 0 spiro atoms. The van der Waals surface area contributed by atoms with Crippen LogP contribution in [0, 0.1) is 11.3 Å². The number of nitrogens with zero attached hydrogens (tertiary/aromatic N) is 2. The maximum Gasteiger partial charge on any atom is 0.410 e. The van der Waals surface area contributed by atoms with Gasteiger partial charge in [-0.1, -0.05) is 0 Å². The summed E-state index contributed by atoms with van der Waals surface area (Å²) in [5.74, 6) is 0.672. The Kier molecular flexibility index (Phi) is 4.93. The zero-order valence-electron chi connectivity index (χ0n) is 9.18. The van der Waals surface area contributed by atoms with E-state index < -0.39 is 6.09 Å². The number of amides is 1. The topological polar surface area (TPSA) is 66.5 Å². The van der Waals surface area contributed by atoms with E-state index in [4.69, 9.17) is 14.4 Å².